The first kappa shape index (κ1) is 20.5. The lowest BCUT2D eigenvalue weighted by Crippen LogP contribution is -2.01. The highest BCUT2D eigenvalue weighted by Crippen LogP contribution is 2.34. The molecule has 0 aliphatic carbocycles. The molecule has 0 radical (unpaired) electrons. The summed E-state index contributed by atoms with van der Waals surface area (Å²) >= 11 is 20.4. The van der Waals surface area contributed by atoms with E-state index in [0.29, 0.717) is 44.9 Å². The fraction of sp³-hybridized carbons (Fsp3) is 0.0833. The van der Waals surface area contributed by atoms with Gasteiger partial charge in [0.05, 0.1) is 26.6 Å². The highest BCUT2D eigenvalue weighted by Gasteiger charge is 2.15. The second-order valence-corrected chi connectivity index (χ2v) is 9.40. The van der Waals surface area contributed by atoms with Gasteiger partial charge in [-0.3, -0.25) is 4.79 Å². The second kappa shape index (κ2) is 8.29. The number of carbonyl (C=O) groups is 1. The zero-order valence-electron chi connectivity index (χ0n) is 16.1. The standard InChI is InChI=1S/C24H15Cl3N2OS/c25-15-6-9-22-16(11-15)14(12-31-22)5-8-21(30)13-4-7-19-20(10-13)29-24(28-19)23-17(26)2-1-3-18(23)27/h1-4,6-7,9-12H,5,8H2,(H,28,29). The van der Waals surface area contributed by atoms with Gasteiger partial charge in [0.15, 0.2) is 5.78 Å². The molecule has 0 spiro atoms. The minimum atomic E-state index is 0.0789. The third kappa shape index (κ3) is 3.97. The van der Waals surface area contributed by atoms with Crippen molar-refractivity contribution in [3.63, 3.8) is 0 Å². The average molecular weight is 486 g/mol. The molecule has 3 aromatic carbocycles. The van der Waals surface area contributed by atoms with Gasteiger partial charge in [0, 0.05) is 21.7 Å². The molecule has 2 aromatic heterocycles. The summed E-state index contributed by atoms with van der Waals surface area (Å²) in [5.41, 5.74) is 3.96. The van der Waals surface area contributed by atoms with Gasteiger partial charge in [-0.2, -0.15) is 0 Å². The van der Waals surface area contributed by atoms with Crippen LogP contribution in [0.25, 0.3) is 32.5 Å². The molecule has 0 bridgehead atoms. The molecule has 0 aliphatic rings. The zero-order chi connectivity index (χ0) is 21.5. The summed E-state index contributed by atoms with van der Waals surface area (Å²) in [6.07, 6.45) is 1.09. The predicted molar refractivity (Wildman–Crippen MR) is 131 cm³/mol. The summed E-state index contributed by atoms with van der Waals surface area (Å²) in [4.78, 5) is 20.7. The summed E-state index contributed by atoms with van der Waals surface area (Å²) in [6.45, 7) is 0. The van der Waals surface area contributed by atoms with Crippen LogP contribution in [0.1, 0.15) is 22.3 Å². The molecule has 0 saturated carbocycles. The molecule has 3 nitrogen and oxygen atoms in total. The van der Waals surface area contributed by atoms with Crippen LogP contribution >= 0.6 is 46.1 Å². The number of imidazole rings is 1. The Morgan fingerprint density at radius 3 is 2.61 bits per heavy atom. The molecule has 7 heteroatoms. The summed E-state index contributed by atoms with van der Waals surface area (Å²) in [5.74, 6) is 0.659. The molecular weight excluding hydrogens is 471 g/mol. The van der Waals surface area contributed by atoms with Gasteiger partial charge >= 0.3 is 0 Å². The van der Waals surface area contributed by atoms with Crippen molar-refractivity contribution < 1.29 is 4.79 Å². The molecule has 154 valence electrons. The number of thiophene rings is 1. The van der Waals surface area contributed by atoms with E-state index in [2.05, 4.69) is 15.3 Å². The normalized spacial score (nSPS) is 11.5. The van der Waals surface area contributed by atoms with Gasteiger partial charge in [0.25, 0.3) is 0 Å². The summed E-state index contributed by atoms with van der Waals surface area (Å²) in [5, 5.41) is 4.97. The number of nitrogens with one attached hydrogen (secondary N) is 1. The molecule has 0 amide bonds. The van der Waals surface area contributed by atoms with Crippen LogP contribution in [0.5, 0.6) is 0 Å². The van der Waals surface area contributed by atoms with Gasteiger partial charge in [0.2, 0.25) is 0 Å². The van der Waals surface area contributed by atoms with Crippen molar-refractivity contribution in [2.24, 2.45) is 0 Å². The van der Waals surface area contributed by atoms with E-state index in [-0.39, 0.29) is 5.78 Å². The van der Waals surface area contributed by atoms with Crippen molar-refractivity contribution in [2.45, 2.75) is 12.8 Å². The van der Waals surface area contributed by atoms with Crippen LogP contribution in [0.15, 0.2) is 60.0 Å². The number of aryl methyl sites for hydroxylation is 1. The van der Waals surface area contributed by atoms with Crippen LogP contribution in [-0.4, -0.2) is 15.8 Å². The Hall–Kier alpha value is -2.37. The second-order valence-electron chi connectivity index (χ2n) is 7.24. The largest absolute Gasteiger partial charge is 0.338 e. The number of hydrogen-bond acceptors (Lipinski definition) is 3. The molecular formula is C24H15Cl3N2OS. The van der Waals surface area contributed by atoms with Crippen molar-refractivity contribution in [3.05, 3.63) is 86.2 Å². The zero-order valence-corrected chi connectivity index (χ0v) is 19.2. The topological polar surface area (TPSA) is 45.8 Å². The van der Waals surface area contributed by atoms with E-state index in [0.717, 1.165) is 22.0 Å². The van der Waals surface area contributed by atoms with Crippen molar-refractivity contribution in [1.82, 2.24) is 9.97 Å². The Morgan fingerprint density at radius 1 is 1.00 bits per heavy atom. The van der Waals surface area contributed by atoms with E-state index in [4.69, 9.17) is 34.8 Å². The van der Waals surface area contributed by atoms with E-state index in [1.54, 1.807) is 29.5 Å². The van der Waals surface area contributed by atoms with Crippen molar-refractivity contribution in [3.8, 4) is 11.4 Å². The van der Waals surface area contributed by atoms with E-state index in [1.165, 1.54) is 4.70 Å². The maximum Gasteiger partial charge on any atom is 0.163 e. The van der Waals surface area contributed by atoms with Crippen LogP contribution in [-0.2, 0) is 6.42 Å². The van der Waals surface area contributed by atoms with Crippen molar-refractivity contribution in [2.75, 3.05) is 0 Å². The number of halogens is 3. The Morgan fingerprint density at radius 2 is 1.81 bits per heavy atom. The van der Waals surface area contributed by atoms with Crippen LogP contribution in [0.3, 0.4) is 0 Å². The number of fused-ring (bicyclic) bond motifs is 2. The van der Waals surface area contributed by atoms with Crippen molar-refractivity contribution >= 4 is 73.0 Å². The van der Waals surface area contributed by atoms with Gasteiger partial charge in [0.1, 0.15) is 5.82 Å². The first-order valence-electron chi connectivity index (χ1n) is 9.62. The minimum absolute atomic E-state index is 0.0789. The van der Waals surface area contributed by atoms with Crippen LogP contribution in [0.2, 0.25) is 15.1 Å². The fourth-order valence-corrected chi connectivity index (χ4v) is 5.39. The molecule has 0 aliphatic heterocycles. The molecule has 0 atom stereocenters. The minimum Gasteiger partial charge on any atom is -0.338 e. The summed E-state index contributed by atoms with van der Waals surface area (Å²) in [7, 11) is 0. The Labute approximate surface area is 197 Å². The first-order valence-corrected chi connectivity index (χ1v) is 11.6. The van der Waals surface area contributed by atoms with Gasteiger partial charge < -0.3 is 4.98 Å². The highest BCUT2D eigenvalue weighted by atomic mass is 35.5. The van der Waals surface area contributed by atoms with Crippen LogP contribution < -0.4 is 0 Å². The number of carbonyl (C=O) groups excluding carboxylic acids is 1. The number of benzene rings is 3. The van der Waals surface area contributed by atoms with E-state index in [1.807, 2.05) is 36.4 Å². The summed E-state index contributed by atoms with van der Waals surface area (Å²) < 4.78 is 1.18. The summed E-state index contributed by atoms with van der Waals surface area (Å²) in [6, 6.07) is 16.7. The maximum atomic E-state index is 12.9. The van der Waals surface area contributed by atoms with Crippen LogP contribution in [0.4, 0.5) is 0 Å². The lowest BCUT2D eigenvalue weighted by Gasteiger charge is -2.02. The Balaban J connectivity index is 1.39. The molecule has 0 unspecified atom stereocenters. The van der Waals surface area contributed by atoms with Gasteiger partial charge in [-0.25, -0.2) is 4.98 Å². The average Bonchev–Trinajstić information content (AvgIpc) is 3.34. The monoisotopic (exact) mass is 484 g/mol. The number of Topliss-reactive ketones (excluding diaryl/α,β-unsaturated/α-hetero) is 1. The first-order chi connectivity index (χ1) is 15.0. The number of rotatable bonds is 5. The number of nitrogens with zero attached hydrogens (tertiary/aromatic N) is 1. The predicted octanol–water partition coefficient (Wildman–Crippen LogP) is 8.22. The Bertz CT molecular complexity index is 1430. The number of aromatic nitrogens is 2. The molecule has 1 N–H and O–H groups in total. The van der Waals surface area contributed by atoms with E-state index in [9.17, 15) is 4.79 Å². The van der Waals surface area contributed by atoms with Gasteiger partial charge in [-0.1, -0.05) is 40.9 Å². The molecule has 5 aromatic rings. The maximum absolute atomic E-state index is 12.9. The number of H-pyrrole nitrogens is 1. The number of aromatic amines is 1. The number of hydrogen-bond donors (Lipinski definition) is 1. The third-order valence-electron chi connectivity index (χ3n) is 5.24. The molecule has 0 fully saturated rings. The lowest BCUT2D eigenvalue weighted by molar-refractivity contribution is 0.0983. The van der Waals surface area contributed by atoms with Crippen LogP contribution in [0, 0.1) is 0 Å². The highest BCUT2D eigenvalue weighted by molar-refractivity contribution is 7.17. The number of ketones is 1. The van der Waals surface area contributed by atoms with Gasteiger partial charge in [-0.15, -0.1) is 11.3 Å². The van der Waals surface area contributed by atoms with Crippen molar-refractivity contribution in [1.29, 1.82) is 0 Å². The molecule has 5 rings (SSSR count). The smallest absolute Gasteiger partial charge is 0.163 e. The SMILES string of the molecule is O=C(CCc1csc2ccc(Cl)cc12)c1ccc2nc(-c3c(Cl)cccc3Cl)[nH]c2c1. The lowest BCUT2D eigenvalue weighted by atomic mass is 10.0. The quantitative estimate of drug-likeness (QED) is 0.255. The van der Waals surface area contributed by atoms with E-state index < -0.39 is 0 Å². The van der Waals surface area contributed by atoms with Gasteiger partial charge in [-0.05, 0) is 71.3 Å². The van der Waals surface area contributed by atoms with E-state index >= 15 is 0 Å². The molecule has 2 heterocycles. The Kier molecular flexibility index (Phi) is 5.49. The third-order valence-corrected chi connectivity index (χ3v) is 7.12. The fourth-order valence-electron chi connectivity index (χ4n) is 3.67. The molecule has 31 heavy (non-hydrogen) atoms. The molecule has 0 saturated heterocycles.